The number of hydrogen-bond donors (Lipinski definition) is 2. The van der Waals surface area contributed by atoms with Gasteiger partial charge in [-0.05, 0) is 42.5 Å². The second-order valence-electron chi connectivity index (χ2n) is 4.66. The minimum Gasteiger partial charge on any atom is -0.455 e. The number of benzene rings is 3. The van der Waals surface area contributed by atoms with Gasteiger partial charge in [-0.3, -0.25) is 0 Å². The molecule has 3 aromatic carbocycles. The number of hydrogen-bond acceptors (Lipinski definition) is 3. The van der Waals surface area contributed by atoms with E-state index in [9.17, 15) is 0 Å². The molecule has 0 aliphatic heterocycles. The molecule has 0 radical (unpaired) electrons. The van der Waals surface area contributed by atoms with Crippen LogP contribution in [0.15, 0.2) is 78.9 Å². The van der Waals surface area contributed by atoms with Gasteiger partial charge in [0.15, 0.2) is 5.75 Å². The molecule has 3 nitrogen and oxygen atoms in total. The average Bonchev–Trinajstić information content (AvgIpc) is 2.50. The summed E-state index contributed by atoms with van der Waals surface area (Å²) in [5.74, 6) is 1.57. The molecule has 0 spiro atoms. The largest absolute Gasteiger partial charge is 0.455 e. The SMILES string of the molecule is Nc1cccc(Nc2ccccc2Oc2ccccc2)c1. The predicted octanol–water partition coefficient (Wildman–Crippen LogP) is 4.80. The normalized spacial score (nSPS) is 10.1. The van der Waals surface area contributed by atoms with Crippen molar-refractivity contribution in [1.29, 1.82) is 0 Å². The van der Waals surface area contributed by atoms with E-state index in [1.165, 1.54) is 0 Å². The van der Waals surface area contributed by atoms with Crippen molar-refractivity contribution < 1.29 is 4.74 Å². The summed E-state index contributed by atoms with van der Waals surface area (Å²) in [5, 5.41) is 3.33. The number of nitrogen functional groups attached to an aromatic ring is 1. The van der Waals surface area contributed by atoms with E-state index in [-0.39, 0.29) is 0 Å². The fourth-order valence-electron chi connectivity index (χ4n) is 2.05. The maximum Gasteiger partial charge on any atom is 0.150 e. The molecule has 0 aliphatic carbocycles. The molecule has 3 aromatic rings. The predicted molar refractivity (Wildman–Crippen MR) is 87.1 cm³/mol. The van der Waals surface area contributed by atoms with Crippen LogP contribution in [0.3, 0.4) is 0 Å². The van der Waals surface area contributed by atoms with Crippen LogP contribution in [0.5, 0.6) is 11.5 Å². The van der Waals surface area contributed by atoms with Crippen LogP contribution in [0.1, 0.15) is 0 Å². The lowest BCUT2D eigenvalue weighted by Crippen LogP contribution is -1.95. The van der Waals surface area contributed by atoms with Crippen LogP contribution in [0.4, 0.5) is 17.1 Å². The number of nitrogens with two attached hydrogens (primary N) is 1. The first-order chi connectivity index (χ1) is 10.3. The average molecular weight is 276 g/mol. The van der Waals surface area contributed by atoms with Crippen molar-refractivity contribution in [2.75, 3.05) is 11.1 Å². The highest BCUT2D eigenvalue weighted by Crippen LogP contribution is 2.31. The molecule has 3 rings (SSSR count). The number of para-hydroxylation sites is 3. The summed E-state index contributed by atoms with van der Waals surface area (Å²) in [6.45, 7) is 0. The summed E-state index contributed by atoms with van der Waals surface area (Å²) < 4.78 is 5.92. The molecule has 0 bridgehead atoms. The zero-order valence-corrected chi connectivity index (χ0v) is 11.5. The first-order valence-corrected chi connectivity index (χ1v) is 6.76. The van der Waals surface area contributed by atoms with Gasteiger partial charge < -0.3 is 15.8 Å². The molecule has 0 atom stereocenters. The van der Waals surface area contributed by atoms with Crippen molar-refractivity contribution in [3.63, 3.8) is 0 Å². The molecule has 0 unspecified atom stereocenters. The standard InChI is InChI=1S/C18H16N2O/c19-14-7-6-8-15(13-14)20-17-11-4-5-12-18(17)21-16-9-2-1-3-10-16/h1-13,20H,19H2. The second-order valence-corrected chi connectivity index (χ2v) is 4.66. The lowest BCUT2D eigenvalue weighted by Gasteiger charge is -2.13. The molecule has 0 saturated heterocycles. The zero-order valence-electron chi connectivity index (χ0n) is 11.5. The number of rotatable bonds is 4. The lowest BCUT2D eigenvalue weighted by atomic mass is 10.2. The highest BCUT2D eigenvalue weighted by molar-refractivity contribution is 5.68. The molecule has 0 saturated carbocycles. The number of ether oxygens (including phenoxy) is 1. The van der Waals surface area contributed by atoms with E-state index in [0.717, 1.165) is 28.6 Å². The van der Waals surface area contributed by atoms with Crippen LogP contribution in [0, 0.1) is 0 Å². The van der Waals surface area contributed by atoms with Gasteiger partial charge in [-0.15, -0.1) is 0 Å². The minimum atomic E-state index is 0.724. The van der Waals surface area contributed by atoms with Crippen molar-refractivity contribution in [2.24, 2.45) is 0 Å². The van der Waals surface area contributed by atoms with E-state index < -0.39 is 0 Å². The van der Waals surface area contributed by atoms with E-state index in [1.807, 2.05) is 78.9 Å². The first kappa shape index (κ1) is 13.1. The van der Waals surface area contributed by atoms with E-state index in [1.54, 1.807) is 0 Å². The third kappa shape index (κ3) is 3.34. The molecule has 0 amide bonds. The molecule has 3 N–H and O–H groups in total. The van der Waals surface area contributed by atoms with Gasteiger partial charge in [0.1, 0.15) is 5.75 Å². The molecular formula is C18H16N2O. The van der Waals surface area contributed by atoms with Gasteiger partial charge in [0, 0.05) is 11.4 Å². The molecule has 0 heterocycles. The van der Waals surface area contributed by atoms with Crippen LogP contribution >= 0.6 is 0 Å². The molecule has 0 aromatic heterocycles. The van der Waals surface area contributed by atoms with Gasteiger partial charge in [-0.2, -0.15) is 0 Å². The van der Waals surface area contributed by atoms with Crippen molar-refractivity contribution in [2.45, 2.75) is 0 Å². The van der Waals surface area contributed by atoms with Crippen LogP contribution < -0.4 is 15.8 Å². The van der Waals surface area contributed by atoms with Crippen LogP contribution in [0.25, 0.3) is 0 Å². The summed E-state index contributed by atoms with van der Waals surface area (Å²) in [6, 6.07) is 25.2. The Bertz CT molecular complexity index is 726. The fourth-order valence-corrected chi connectivity index (χ4v) is 2.05. The topological polar surface area (TPSA) is 47.3 Å². The van der Waals surface area contributed by atoms with E-state index in [2.05, 4.69) is 5.32 Å². The zero-order chi connectivity index (χ0) is 14.5. The van der Waals surface area contributed by atoms with Crippen LogP contribution in [0.2, 0.25) is 0 Å². The highest BCUT2D eigenvalue weighted by atomic mass is 16.5. The molecule has 0 aliphatic rings. The molecular weight excluding hydrogens is 260 g/mol. The third-order valence-corrected chi connectivity index (χ3v) is 3.02. The minimum absolute atomic E-state index is 0.724. The Morgan fingerprint density at radius 3 is 2.33 bits per heavy atom. The Hall–Kier alpha value is -2.94. The quantitative estimate of drug-likeness (QED) is 0.672. The molecule has 3 heteroatoms. The van der Waals surface area contributed by atoms with Crippen LogP contribution in [-0.4, -0.2) is 0 Å². The summed E-state index contributed by atoms with van der Waals surface area (Å²) >= 11 is 0. The maximum absolute atomic E-state index is 5.92. The summed E-state index contributed by atoms with van der Waals surface area (Å²) in [7, 11) is 0. The molecule has 104 valence electrons. The Morgan fingerprint density at radius 1 is 0.762 bits per heavy atom. The van der Waals surface area contributed by atoms with E-state index in [4.69, 9.17) is 10.5 Å². The van der Waals surface area contributed by atoms with Crippen molar-refractivity contribution in [3.8, 4) is 11.5 Å². The first-order valence-electron chi connectivity index (χ1n) is 6.76. The maximum atomic E-state index is 5.92. The molecule has 0 fully saturated rings. The van der Waals surface area contributed by atoms with Gasteiger partial charge in [-0.25, -0.2) is 0 Å². The van der Waals surface area contributed by atoms with Gasteiger partial charge >= 0.3 is 0 Å². The van der Waals surface area contributed by atoms with Crippen molar-refractivity contribution in [3.05, 3.63) is 78.9 Å². The van der Waals surface area contributed by atoms with Gasteiger partial charge in [0.05, 0.1) is 5.69 Å². The highest BCUT2D eigenvalue weighted by Gasteiger charge is 2.04. The van der Waals surface area contributed by atoms with Crippen molar-refractivity contribution in [1.82, 2.24) is 0 Å². The number of nitrogens with one attached hydrogen (secondary N) is 1. The van der Waals surface area contributed by atoms with Crippen molar-refractivity contribution >= 4 is 17.1 Å². The Balaban J connectivity index is 1.86. The summed E-state index contributed by atoms with van der Waals surface area (Å²) in [5.41, 5.74) is 8.35. The van der Waals surface area contributed by atoms with Crippen LogP contribution in [-0.2, 0) is 0 Å². The van der Waals surface area contributed by atoms with Gasteiger partial charge in [0.25, 0.3) is 0 Å². The third-order valence-electron chi connectivity index (χ3n) is 3.02. The summed E-state index contributed by atoms with van der Waals surface area (Å²) in [6.07, 6.45) is 0. The van der Waals surface area contributed by atoms with E-state index in [0.29, 0.717) is 0 Å². The fraction of sp³-hybridized carbons (Fsp3) is 0. The lowest BCUT2D eigenvalue weighted by molar-refractivity contribution is 0.485. The monoisotopic (exact) mass is 276 g/mol. The molecule has 21 heavy (non-hydrogen) atoms. The Kier molecular flexibility index (Phi) is 3.74. The van der Waals surface area contributed by atoms with Gasteiger partial charge in [0.2, 0.25) is 0 Å². The van der Waals surface area contributed by atoms with E-state index >= 15 is 0 Å². The Morgan fingerprint density at radius 2 is 1.52 bits per heavy atom. The smallest absolute Gasteiger partial charge is 0.150 e. The summed E-state index contributed by atoms with van der Waals surface area (Å²) in [4.78, 5) is 0. The van der Waals surface area contributed by atoms with Gasteiger partial charge in [-0.1, -0.05) is 36.4 Å². The Labute approximate surface area is 124 Å². The number of anilines is 3. The second kappa shape index (κ2) is 6.01.